The molecule has 1 heterocycles. The molecule has 1 fully saturated rings. The highest BCUT2D eigenvalue weighted by molar-refractivity contribution is 6.30. The van der Waals surface area contributed by atoms with Gasteiger partial charge in [-0.15, -0.1) is 0 Å². The predicted octanol–water partition coefficient (Wildman–Crippen LogP) is 2.87. The van der Waals surface area contributed by atoms with E-state index in [0.717, 1.165) is 5.56 Å². The van der Waals surface area contributed by atoms with Crippen LogP contribution in [0.15, 0.2) is 24.3 Å². The topological polar surface area (TPSA) is 38.8 Å². The summed E-state index contributed by atoms with van der Waals surface area (Å²) in [6.45, 7) is 3.80. The van der Waals surface area contributed by atoms with E-state index in [2.05, 4.69) is 0 Å². The fourth-order valence-corrected chi connectivity index (χ4v) is 2.03. The zero-order valence-corrected chi connectivity index (χ0v) is 11.0. The largest absolute Gasteiger partial charge is 0.450 e. The first-order chi connectivity index (χ1) is 8.70. The zero-order valence-electron chi connectivity index (χ0n) is 10.3. The summed E-state index contributed by atoms with van der Waals surface area (Å²) < 4.78 is 10.7. The van der Waals surface area contributed by atoms with E-state index >= 15 is 0 Å². The molecule has 0 spiro atoms. The van der Waals surface area contributed by atoms with Gasteiger partial charge in [0.05, 0.1) is 19.8 Å². The van der Waals surface area contributed by atoms with Crippen molar-refractivity contribution in [2.75, 3.05) is 26.3 Å². The third-order valence-corrected chi connectivity index (χ3v) is 3.09. The van der Waals surface area contributed by atoms with Gasteiger partial charge in [-0.25, -0.2) is 4.79 Å². The lowest BCUT2D eigenvalue weighted by Gasteiger charge is -2.32. The quantitative estimate of drug-likeness (QED) is 0.829. The predicted molar refractivity (Wildman–Crippen MR) is 68.7 cm³/mol. The highest BCUT2D eigenvalue weighted by Gasteiger charge is 2.25. The van der Waals surface area contributed by atoms with Crippen LogP contribution >= 0.6 is 11.6 Å². The molecule has 0 aliphatic carbocycles. The standard InChI is InChI=1S/C13H16ClNO3/c1-2-17-13(16)15-7-8-18-12(9-15)10-3-5-11(14)6-4-10/h3-6,12H,2,7-9H2,1H3. The number of carbonyl (C=O) groups excluding carboxylic acids is 1. The first kappa shape index (κ1) is 13.2. The number of hydrogen-bond acceptors (Lipinski definition) is 3. The van der Waals surface area contributed by atoms with Crippen molar-refractivity contribution in [3.63, 3.8) is 0 Å². The highest BCUT2D eigenvalue weighted by Crippen LogP contribution is 2.23. The van der Waals surface area contributed by atoms with E-state index in [4.69, 9.17) is 21.1 Å². The van der Waals surface area contributed by atoms with Crippen molar-refractivity contribution in [3.8, 4) is 0 Å². The van der Waals surface area contributed by atoms with Crippen LogP contribution in [-0.2, 0) is 9.47 Å². The summed E-state index contributed by atoms with van der Waals surface area (Å²) >= 11 is 5.85. The Labute approximate surface area is 111 Å². The molecule has 0 N–H and O–H groups in total. The van der Waals surface area contributed by atoms with Crippen LogP contribution in [0.25, 0.3) is 0 Å². The number of benzene rings is 1. The first-order valence-electron chi connectivity index (χ1n) is 5.99. The van der Waals surface area contributed by atoms with Crippen LogP contribution in [0.1, 0.15) is 18.6 Å². The number of carbonyl (C=O) groups is 1. The number of nitrogens with zero attached hydrogens (tertiary/aromatic N) is 1. The molecule has 1 saturated heterocycles. The molecule has 0 aromatic heterocycles. The van der Waals surface area contributed by atoms with E-state index < -0.39 is 0 Å². The van der Waals surface area contributed by atoms with E-state index in [0.29, 0.717) is 31.3 Å². The minimum atomic E-state index is -0.278. The lowest BCUT2D eigenvalue weighted by Crippen LogP contribution is -2.42. The van der Waals surface area contributed by atoms with Crippen molar-refractivity contribution in [1.82, 2.24) is 4.90 Å². The Bertz CT molecular complexity index is 407. The molecule has 1 aromatic rings. The molecule has 1 aromatic carbocycles. The first-order valence-corrected chi connectivity index (χ1v) is 6.37. The molecule has 2 rings (SSSR count). The summed E-state index contributed by atoms with van der Waals surface area (Å²) in [6, 6.07) is 7.48. The van der Waals surface area contributed by atoms with E-state index in [1.165, 1.54) is 0 Å². The van der Waals surface area contributed by atoms with Crippen molar-refractivity contribution in [3.05, 3.63) is 34.9 Å². The van der Waals surface area contributed by atoms with Crippen LogP contribution in [-0.4, -0.2) is 37.3 Å². The molecule has 1 atom stereocenters. The monoisotopic (exact) mass is 269 g/mol. The third-order valence-electron chi connectivity index (χ3n) is 2.83. The van der Waals surface area contributed by atoms with Gasteiger partial charge in [0.15, 0.2) is 0 Å². The molecule has 98 valence electrons. The minimum absolute atomic E-state index is 0.111. The Morgan fingerprint density at radius 3 is 2.89 bits per heavy atom. The van der Waals surface area contributed by atoms with Gasteiger partial charge in [-0.3, -0.25) is 0 Å². The molecule has 18 heavy (non-hydrogen) atoms. The Hall–Kier alpha value is -1.26. The van der Waals surface area contributed by atoms with E-state index in [1.807, 2.05) is 24.3 Å². The molecule has 0 saturated carbocycles. The van der Waals surface area contributed by atoms with Gasteiger partial charge >= 0.3 is 6.09 Å². The van der Waals surface area contributed by atoms with Crippen LogP contribution in [0.2, 0.25) is 5.02 Å². The molecular formula is C13H16ClNO3. The summed E-state index contributed by atoms with van der Waals surface area (Å²) in [6.07, 6.45) is -0.389. The summed E-state index contributed by atoms with van der Waals surface area (Å²) in [5.41, 5.74) is 1.02. The summed E-state index contributed by atoms with van der Waals surface area (Å²) in [5.74, 6) is 0. The minimum Gasteiger partial charge on any atom is -0.450 e. The number of ether oxygens (including phenoxy) is 2. The normalized spacial score (nSPS) is 19.7. The molecule has 0 radical (unpaired) electrons. The fraction of sp³-hybridized carbons (Fsp3) is 0.462. The number of rotatable bonds is 2. The lowest BCUT2D eigenvalue weighted by atomic mass is 10.1. The molecule has 1 unspecified atom stereocenters. The molecule has 1 amide bonds. The lowest BCUT2D eigenvalue weighted by molar-refractivity contribution is -0.0279. The maximum Gasteiger partial charge on any atom is 0.409 e. The number of hydrogen-bond donors (Lipinski definition) is 0. The van der Waals surface area contributed by atoms with Gasteiger partial charge in [-0.2, -0.15) is 0 Å². The summed E-state index contributed by atoms with van der Waals surface area (Å²) in [4.78, 5) is 13.3. The van der Waals surface area contributed by atoms with E-state index in [1.54, 1.807) is 11.8 Å². The highest BCUT2D eigenvalue weighted by atomic mass is 35.5. The van der Waals surface area contributed by atoms with Crippen LogP contribution in [0.3, 0.4) is 0 Å². The van der Waals surface area contributed by atoms with E-state index in [9.17, 15) is 4.79 Å². The average Bonchev–Trinajstić information content (AvgIpc) is 2.40. The summed E-state index contributed by atoms with van der Waals surface area (Å²) in [5, 5.41) is 0.691. The number of halogens is 1. The van der Waals surface area contributed by atoms with E-state index in [-0.39, 0.29) is 12.2 Å². The smallest absolute Gasteiger partial charge is 0.409 e. The molecule has 5 heteroatoms. The molecule has 1 aliphatic rings. The number of amides is 1. The second kappa shape index (κ2) is 6.07. The van der Waals surface area contributed by atoms with Gasteiger partial charge in [0.25, 0.3) is 0 Å². The second-order valence-electron chi connectivity index (χ2n) is 4.06. The SMILES string of the molecule is CCOC(=O)N1CCOC(c2ccc(Cl)cc2)C1. The Kier molecular flexibility index (Phi) is 4.44. The Morgan fingerprint density at radius 1 is 1.50 bits per heavy atom. The second-order valence-corrected chi connectivity index (χ2v) is 4.49. The van der Waals surface area contributed by atoms with Crippen molar-refractivity contribution in [2.24, 2.45) is 0 Å². The van der Waals surface area contributed by atoms with Gasteiger partial charge < -0.3 is 14.4 Å². The van der Waals surface area contributed by atoms with Crippen LogP contribution in [0.5, 0.6) is 0 Å². The van der Waals surface area contributed by atoms with Crippen LogP contribution in [0.4, 0.5) is 4.79 Å². The maximum atomic E-state index is 11.7. The van der Waals surface area contributed by atoms with Crippen molar-refractivity contribution < 1.29 is 14.3 Å². The van der Waals surface area contributed by atoms with Crippen LogP contribution < -0.4 is 0 Å². The van der Waals surface area contributed by atoms with Crippen molar-refractivity contribution in [1.29, 1.82) is 0 Å². The van der Waals surface area contributed by atoms with Gasteiger partial charge in [-0.1, -0.05) is 23.7 Å². The molecule has 1 aliphatic heterocycles. The van der Waals surface area contributed by atoms with Gasteiger partial charge in [0.1, 0.15) is 6.10 Å². The maximum absolute atomic E-state index is 11.7. The fourth-order valence-electron chi connectivity index (χ4n) is 1.91. The van der Waals surface area contributed by atoms with Gasteiger partial charge in [0, 0.05) is 11.6 Å². The van der Waals surface area contributed by atoms with Crippen molar-refractivity contribution in [2.45, 2.75) is 13.0 Å². The van der Waals surface area contributed by atoms with Gasteiger partial charge in [0.2, 0.25) is 0 Å². The Balaban J connectivity index is 2.02. The summed E-state index contributed by atoms with van der Waals surface area (Å²) in [7, 11) is 0. The molecular weight excluding hydrogens is 254 g/mol. The van der Waals surface area contributed by atoms with Crippen molar-refractivity contribution >= 4 is 17.7 Å². The van der Waals surface area contributed by atoms with Gasteiger partial charge in [-0.05, 0) is 24.6 Å². The molecule has 4 nitrogen and oxygen atoms in total. The Morgan fingerprint density at radius 2 is 2.22 bits per heavy atom. The number of morpholine rings is 1. The van der Waals surface area contributed by atoms with Crippen LogP contribution in [0, 0.1) is 0 Å². The average molecular weight is 270 g/mol. The zero-order chi connectivity index (χ0) is 13.0. The third kappa shape index (κ3) is 3.15. The molecule has 0 bridgehead atoms.